The lowest BCUT2D eigenvalue weighted by atomic mass is 11.3. The number of nitrogens with zero attached hydrogens (tertiary/aromatic N) is 3. The molecule has 8 heavy (non-hydrogen) atoms. The van der Waals surface area contributed by atoms with Crippen LogP contribution < -0.4 is 17.6 Å². The highest BCUT2D eigenvalue weighted by atomic mass is 32.1. The van der Waals surface area contributed by atoms with Gasteiger partial charge in [0.25, 0.3) is 0 Å². The zero-order valence-electron chi connectivity index (χ0n) is 3.90. The van der Waals surface area contributed by atoms with E-state index in [4.69, 9.17) is 11.5 Å². The summed E-state index contributed by atoms with van der Waals surface area (Å²) in [6.45, 7) is 0. The number of nitrogen functional groups attached to an aromatic ring is 2. The summed E-state index contributed by atoms with van der Waals surface area (Å²) in [4.78, 5) is 0. The van der Waals surface area contributed by atoms with Crippen molar-refractivity contribution >= 4 is 21.6 Å². The lowest BCUT2D eigenvalue weighted by molar-refractivity contribution is 1.11. The van der Waals surface area contributed by atoms with Crippen molar-refractivity contribution in [1.82, 2.24) is 16.3 Å². The number of nitrogens with two attached hydrogens (primary N) is 2. The second kappa shape index (κ2) is 2.43. The summed E-state index contributed by atoms with van der Waals surface area (Å²) in [6.07, 6.45) is 0. The molecule has 43 valence electrons. The quantitative estimate of drug-likeness (QED) is 0.480. The zero-order valence-corrected chi connectivity index (χ0v) is 4.72. The summed E-state index contributed by atoms with van der Waals surface area (Å²) < 4.78 is 0. The molecule has 0 fully saturated rings. The highest BCUT2D eigenvalue weighted by Crippen LogP contribution is 2.10. The van der Waals surface area contributed by atoms with Gasteiger partial charge < -0.3 is 11.5 Å². The molecule has 1 heterocycles. The maximum absolute atomic E-state index is 5.14. The van der Waals surface area contributed by atoms with Crippen molar-refractivity contribution in [3.63, 3.8) is 0 Å². The molecule has 3 radical (unpaired) electrons. The van der Waals surface area contributed by atoms with Crippen LogP contribution in [0.25, 0.3) is 0 Å². The van der Waals surface area contributed by atoms with E-state index in [1.54, 1.807) is 0 Å². The van der Waals surface area contributed by atoms with Crippen LogP contribution in [0.4, 0.5) is 10.3 Å². The number of hydrogen-bond acceptors (Lipinski definition) is 5. The molecule has 0 aliphatic rings. The van der Waals surface area contributed by atoms with E-state index in [9.17, 15) is 0 Å². The molecule has 0 bridgehead atoms. The van der Waals surface area contributed by atoms with Crippen LogP contribution in [0.3, 0.4) is 0 Å². The third-order valence-corrected chi connectivity index (χ3v) is 1.04. The Bertz CT molecular complexity index is 143. The first kappa shape index (κ1) is 7.12. The number of rotatable bonds is 0. The highest BCUT2D eigenvalue weighted by Gasteiger charge is 1.89. The summed E-state index contributed by atoms with van der Waals surface area (Å²) in [6, 6.07) is 0. The van der Waals surface area contributed by atoms with E-state index in [-0.39, 0.29) is 6.15 Å². The zero-order chi connectivity index (χ0) is 5.28. The fraction of sp³-hybridized carbons (Fsp3) is 0. The van der Waals surface area contributed by atoms with E-state index in [0.29, 0.717) is 10.3 Å². The van der Waals surface area contributed by atoms with E-state index in [1.807, 2.05) is 0 Å². The lowest BCUT2D eigenvalue weighted by Gasteiger charge is -1.67. The van der Waals surface area contributed by atoms with E-state index in [2.05, 4.69) is 10.2 Å². The van der Waals surface area contributed by atoms with Gasteiger partial charge >= 0.3 is 0 Å². The van der Waals surface area contributed by atoms with E-state index >= 15 is 0 Å². The molecule has 1 aromatic heterocycles. The van der Waals surface area contributed by atoms with Gasteiger partial charge in [-0.05, 0) is 0 Å². The molecule has 0 amide bonds. The Morgan fingerprint density at radius 1 is 1.12 bits per heavy atom. The molecule has 0 unspecified atom stereocenters. The molecular formula is C2H4N5S. The van der Waals surface area contributed by atoms with Crippen LogP contribution >= 0.6 is 11.3 Å². The monoisotopic (exact) mass is 130 g/mol. The Labute approximate surface area is 50.3 Å². The molecule has 0 spiro atoms. The van der Waals surface area contributed by atoms with Crippen LogP contribution in [-0.4, -0.2) is 10.2 Å². The van der Waals surface area contributed by atoms with Crippen molar-refractivity contribution in [2.24, 2.45) is 0 Å². The van der Waals surface area contributed by atoms with Gasteiger partial charge in [-0.2, -0.15) is 0 Å². The molecule has 1 rings (SSSR count). The average Bonchev–Trinajstić information content (AvgIpc) is 1.87. The van der Waals surface area contributed by atoms with Gasteiger partial charge in [-0.25, -0.2) is 0 Å². The van der Waals surface area contributed by atoms with Gasteiger partial charge in [-0.1, -0.05) is 11.3 Å². The summed E-state index contributed by atoms with van der Waals surface area (Å²) in [5, 5.41) is 7.70. The molecule has 0 saturated heterocycles. The predicted molar refractivity (Wildman–Crippen MR) is 30.9 cm³/mol. The average molecular weight is 130 g/mol. The maximum atomic E-state index is 5.14. The fourth-order valence-electron chi connectivity index (χ4n) is 0.247. The van der Waals surface area contributed by atoms with Crippen LogP contribution in [0, 0.1) is 0 Å². The van der Waals surface area contributed by atoms with Crippen molar-refractivity contribution in [3.8, 4) is 0 Å². The van der Waals surface area contributed by atoms with Gasteiger partial charge in [0.05, 0.1) is 0 Å². The second-order valence-corrected chi connectivity index (χ2v) is 2.02. The van der Waals surface area contributed by atoms with Gasteiger partial charge in [-0.15, -0.1) is 10.2 Å². The molecule has 5 nitrogen and oxygen atoms in total. The van der Waals surface area contributed by atoms with Gasteiger partial charge in [0, 0.05) is 6.15 Å². The number of aromatic nitrogens is 2. The molecular weight excluding hydrogens is 126 g/mol. The lowest BCUT2D eigenvalue weighted by Crippen LogP contribution is -1.81. The predicted octanol–water partition coefficient (Wildman–Crippen LogP) is -0.778. The second-order valence-electron chi connectivity index (χ2n) is 0.979. The van der Waals surface area contributed by atoms with Crippen molar-refractivity contribution in [3.05, 3.63) is 0 Å². The van der Waals surface area contributed by atoms with Crippen LogP contribution in [0.2, 0.25) is 0 Å². The molecule has 1 aromatic rings. The smallest absolute Gasteiger partial charge is 0.204 e. The first-order valence-corrected chi connectivity index (χ1v) is 2.45. The van der Waals surface area contributed by atoms with Gasteiger partial charge in [0.1, 0.15) is 0 Å². The van der Waals surface area contributed by atoms with Crippen LogP contribution in [-0.2, 0) is 0 Å². The number of hydrogen-bond donors (Lipinski definition) is 2. The Hall–Kier alpha value is -0.880. The third kappa shape index (κ3) is 1.32. The SMILES string of the molecule is Nc1nnc(N)s1.[N]. The summed E-state index contributed by atoms with van der Waals surface area (Å²) in [5.41, 5.74) is 10.3. The normalized spacial score (nSPS) is 8.00. The number of anilines is 2. The summed E-state index contributed by atoms with van der Waals surface area (Å²) >= 11 is 1.18. The van der Waals surface area contributed by atoms with Crippen molar-refractivity contribution in [1.29, 1.82) is 0 Å². The van der Waals surface area contributed by atoms with Gasteiger partial charge in [-0.3, -0.25) is 0 Å². The maximum Gasteiger partial charge on any atom is 0.204 e. The van der Waals surface area contributed by atoms with Gasteiger partial charge in [0.15, 0.2) is 0 Å². The standard InChI is InChI=1S/C2H4N4S.N/c3-1-5-6-2(4)7-1;/h(H2,3,5)(H2,4,6);. The topological polar surface area (TPSA) is 108 Å². The molecule has 0 saturated carbocycles. The Kier molecular flexibility index (Phi) is 2.17. The van der Waals surface area contributed by atoms with Gasteiger partial charge in [0.2, 0.25) is 10.3 Å². The van der Waals surface area contributed by atoms with Crippen LogP contribution in [0.5, 0.6) is 0 Å². The Balaban J connectivity index is 0.000000490. The molecule has 0 aliphatic heterocycles. The molecule has 0 aliphatic carbocycles. The van der Waals surface area contributed by atoms with Crippen molar-refractivity contribution < 1.29 is 0 Å². The molecule has 0 aromatic carbocycles. The Morgan fingerprint density at radius 2 is 1.50 bits per heavy atom. The van der Waals surface area contributed by atoms with Crippen LogP contribution in [0.15, 0.2) is 0 Å². The summed E-state index contributed by atoms with van der Waals surface area (Å²) in [5.74, 6) is 0. The minimum Gasteiger partial charge on any atom is -0.374 e. The molecule has 6 heteroatoms. The minimum atomic E-state index is 0. The van der Waals surface area contributed by atoms with Crippen molar-refractivity contribution in [2.45, 2.75) is 0 Å². The Morgan fingerprint density at radius 3 is 1.62 bits per heavy atom. The highest BCUT2D eigenvalue weighted by molar-refractivity contribution is 7.18. The molecule has 4 N–H and O–H groups in total. The van der Waals surface area contributed by atoms with E-state index < -0.39 is 0 Å². The molecule has 0 atom stereocenters. The minimum absolute atomic E-state index is 0. The summed E-state index contributed by atoms with van der Waals surface area (Å²) in [7, 11) is 0. The third-order valence-electron chi connectivity index (χ3n) is 0.456. The van der Waals surface area contributed by atoms with E-state index in [1.165, 1.54) is 11.3 Å². The largest absolute Gasteiger partial charge is 0.374 e. The van der Waals surface area contributed by atoms with Crippen LogP contribution in [0.1, 0.15) is 0 Å². The van der Waals surface area contributed by atoms with Crippen molar-refractivity contribution in [2.75, 3.05) is 11.5 Å². The first-order valence-electron chi connectivity index (χ1n) is 1.63. The van der Waals surface area contributed by atoms with E-state index in [0.717, 1.165) is 0 Å². The first-order chi connectivity index (χ1) is 3.29. The fourth-order valence-corrected chi connectivity index (χ4v) is 0.624.